The van der Waals surface area contributed by atoms with Gasteiger partial charge in [-0.15, -0.1) is 0 Å². The molecule has 1 aliphatic rings. The predicted octanol–water partition coefficient (Wildman–Crippen LogP) is 5.43. The lowest BCUT2D eigenvalue weighted by Crippen LogP contribution is -2.32. The molecule has 1 N–H and O–H groups in total. The first-order chi connectivity index (χ1) is 16.6. The van der Waals surface area contributed by atoms with Gasteiger partial charge in [0.05, 0.1) is 23.3 Å². The Morgan fingerprint density at radius 1 is 1.09 bits per heavy atom. The van der Waals surface area contributed by atoms with Gasteiger partial charge in [0, 0.05) is 29.8 Å². The van der Waals surface area contributed by atoms with Crippen LogP contribution in [0.2, 0.25) is 0 Å². The molecule has 2 atom stereocenters. The molecule has 0 amide bonds. The molecule has 35 heavy (non-hydrogen) atoms. The van der Waals surface area contributed by atoms with E-state index >= 15 is 0 Å². The Bertz CT molecular complexity index is 1190. The molecule has 1 fully saturated rings. The van der Waals surface area contributed by atoms with E-state index < -0.39 is 11.7 Å². The van der Waals surface area contributed by atoms with E-state index in [2.05, 4.69) is 26.2 Å². The van der Waals surface area contributed by atoms with E-state index in [1.54, 1.807) is 12.3 Å². The SMILES string of the molecule is Cc1cc([C@H]2[C@H](c3ccccn3)NC(=S)N2CCCN(C)C)c(C)n1-c1cccc(C(F)(F)F)c1. The van der Waals surface area contributed by atoms with Crippen molar-refractivity contribution >= 4 is 17.3 Å². The van der Waals surface area contributed by atoms with E-state index in [-0.39, 0.29) is 12.1 Å². The number of halogens is 3. The molecular formula is C26H30F3N5S. The minimum Gasteiger partial charge on any atom is -0.352 e. The first-order valence-corrected chi connectivity index (χ1v) is 12.0. The largest absolute Gasteiger partial charge is 0.416 e. The van der Waals surface area contributed by atoms with Crippen molar-refractivity contribution in [1.29, 1.82) is 0 Å². The Kier molecular flexibility index (Phi) is 7.19. The number of hydrogen-bond donors (Lipinski definition) is 1. The molecule has 0 aliphatic carbocycles. The van der Waals surface area contributed by atoms with Crippen LogP contribution in [0.1, 0.15) is 46.7 Å². The zero-order valence-corrected chi connectivity index (χ0v) is 21.1. The van der Waals surface area contributed by atoms with Crippen molar-refractivity contribution in [3.05, 3.63) is 82.9 Å². The lowest BCUT2D eigenvalue weighted by molar-refractivity contribution is -0.137. The van der Waals surface area contributed by atoms with Gasteiger partial charge in [-0.1, -0.05) is 12.1 Å². The van der Waals surface area contributed by atoms with Crippen LogP contribution in [0.15, 0.2) is 54.7 Å². The fourth-order valence-electron chi connectivity index (χ4n) is 4.85. The zero-order chi connectivity index (χ0) is 25.3. The standard InChI is InChI=1S/C26H30F3N5S/c1-17-15-21(18(2)34(17)20-10-7-9-19(16-20)26(27,28)29)24-23(22-11-5-6-12-30-22)31-25(35)33(24)14-8-13-32(3)4/h5-7,9-12,15-16,23-24H,8,13-14H2,1-4H3,(H,31,35)/t23-,24-/m0/s1. The number of hydrogen-bond acceptors (Lipinski definition) is 3. The molecule has 0 bridgehead atoms. The highest BCUT2D eigenvalue weighted by atomic mass is 32.1. The van der Waals surface area contributed by atoms with Crippen molar-refractivity contribution in [3.63, 3.8) is 0 Å². The summed E-state index contributed by atoms with van der Waals surface area (Å²) in [6.07, 6.45) is -1.72. The lowest BCUT2D eigenvalue weighted by Gasteiger charge is -2.28. The molecule has 1 aromatic carbocycles. The van der Waals surface area contributed by atoms with Gasteiger partial charge in [0.2, 0.25) is 0 Å². The number of benzene rings is 1. The summed E-state index contributed by atoms with van der Waals surface area (Å²) in [5.41, 5.74) is 3.47. The van der Waals surface area contributed by atoms with Crippen LogP contribution in [0.3, 0.4) is 0 Å². The van der Waals surface area contributed by atoms with Gasteiger partial charge in [-0.25, -0.2) is 0 Å². The van der Waals surface area contributed by atoms with E-state index in [1.165, 1.54) is 12.1 Å². The van der Waals surface area contributed by atoms with Gasteiger partial charge in [0.15, 0.2) is 5.11 Å². The van der Waals surface area contributed by atoms with Gasteiger partial charge in [-0.2, -0.15) is 13.2 Å². The minimum atomic E-state index is -4.40. The van der Waals surface area contributed by atoms with Gasteiger partial charge in [-0.05, 0) is 95.1 Å². The molecule has 186 valence electrons. The number of alkyl halides is 3. The topological polar surface area (TPSA) is 36.3 Å². The van der Waals surface area contributed by atoms with Crippen molar-refractivity contribution in [2.24, 2.45) is 0 Å². The van der Waals surface area contributed by atoms with Gasteiger partial charge < -0.3 is 19.7 Å². The molecule has 0 unspecified atom stereocenters. The molecule has 0 saturated carbocycles. The second-order valence-electron chi connectivity index (χ2n) is 9.19. The zero-order valence-electron chi connectivity index (χ0n) is 20.3. The van der Waals surface area contributed by atoms with Crippen LogP contribution < -0.4 is 5.32 Å². The molecule has 1 saturated heterocycles. The predicted molar refractivity (Wildman–Crippen MR) is 136 cm³/mol. The average Bonchev–Trinajstić information content (AvgIpc) is 3.28. The van der Waals surface area contributed by atoms with Crippen LogP contribution in [-0.4, -0.2) is 51.6 Å². The highest BCUT2D eigenvalue weighted by molar-refractivity contribution is 7.80. The summed E-state index contributed by atoms with van der Waals surface area (Å²) in [7, 11) is 4.08. The molecule has 3 aromatic rings. The number of nitrogens with zero attached hydrogens (tertiary/aromatic N) is 4. The Labute approximate surface area is 209 Å². The van der Waals surface area contributed by atoms with E-state index in [0.29, 0.717) is 10.8 Å². The van der Waals surface area contributed by atoms with Crippen molar-refractivity contribution in [2.75, 3.05) is 27.2 Å². The van der Waals surface area contributed by atoms with E-state index in [4.69, 9.17) is 12.2 Å². The quantitative estimate of drug-likeness (QED) is 0.437. The molecule has 4 rings (SSSR count). The van der Waals surface area contributed by atoms with Crippen LogP contribution in [0.4, 0.5) is 13.2 Å². The minimum absolute atomic E-state index is 0.134. The molecule has 9 heteroatoms. The maximum atomic E-state index is 13.4. The average molecular weight is 502 g/mol. The number of aryl methyl sites for hydroxylation is 1. The van der Waals surface area contributed by atoms with E-state index in [1.807, 2.05) is 50.7 Å². The van der Waals surface area contributed by atoms with Gasteiger partial charge in [0.1, 0.15) is 0 Å². The normalized spacial score (nSPS) is 18.4. The summed E-state index contributed by atoms with van der Waals surface area (Å²) >= 11 is 5.75. The number of pyridine rings is 1. The Balaban J connectivity index is 1.78. The summed E-state index contributed by atoms with van der Waals surface area (Å²) in [5.74, 6) is 0. The smallest absolute Gasteiger partial charge is 0.352 e. The van der Waals surface area contributed by atoms with Crippen molar-refractivity contribution in [2.45, 2.75) is 38.5 Å². The van der Waals surface area contributed by atoms with Crippen LogP contribution in [0.5, 0.6) is 0 Å². The lowest BCUT2D eigenvalue weighted by atomic mass is 9.96. The fourth-order valence-corrected chi connectivity index (χ4v) is 5.18. The van der Waals surface area contributed by atoms with E-state index in [0.717, 1.165) is 48.2 Å². The summed E-state index contributed by atoms with van der Waals surface area (Å²) < 4.78 is 42.1. The maximum Gasteiger partial charge on any atom is 0.416 e. The Morgan fingerprint density at radius 2 is 1.86 bits per heavy atom. The van der Waals surface area contributed by atoms with Crippen LogP contribution in [-0.2, 0) is 6.18 Å². The molecule has 3 heterocycles. The van der Waals surface area contributed by atoms with Crippen molar-refractivity contribution in [3.8, 4) is 5.69 Å². The summed E-state index contributed by atoms with van der Waals surface area (Å²) in [6.45, 7) is 5.55. The Hall–Kier alpha value is -2.91. The number of rotatable bonds is 7. The molecule has 0 spiro atoms. The number of aromatic nitrogens is 2. The van der Waals surface area contributed by atoms with Crippen LogP contribution >= 0.6 is 12.2 Å². The number of nitrogens with one attached hydrogen (secondary N) is 1. The van der Waals surface area contributed by atoms with Gasteiger partial charge in [0.25, 0.3) is 0 Å². The molecule has 1 aliphatic heterocycles. The third-order valence-electron chi connectivity index (χ3n) is 6.42. The third kappa shape index (κ3) is 5.21. The highest BCUT2D eigenvalue weighted by Crippen LogP contribution is 2.41. The molecule has 0 radical (unpaired) electrons. The first-order valence-electron chi connectivity index (χ1n) is 11.6. The highest BCUT2D eigenvalue weighted by Gasteiger charge is 2.41. The summed E-state index contributed by atoms with van der Waals surface area (Å²) in [4.78, 5) is 8.91. The summed E-state index contributed by atoms with van der Waals surface area (Å²) in [5, 5.41) is 4.12. The Morgan fingerprint density at radius 3 is 2.51 bits per heavy atom. The fraction of sp³-hybridized carbons (Fsp3) is 0.385. The summed E-state index contributed by atoms with van der Waals surface area (Å²) in [6, 6.07) is 13.0. The van der Waals surface area contributed by atoms with Crippen LogP contribution in [0.25, 0.3) is 5.69 Å². The molecule has 5 nitrogen and oxygen atoms in total. The number of thiocarbonyl (C=S) groups is 1. The van der Waals surface area contributed by atoms with Crippen molar-refractivity contribution in [1.82, 2.24) is 24.7 Å². The second-order valence-corrected chi connectivity index (χ2v) is 9.57. The third-order valence-corrected chi connectivity index (χ3v) is 6.78. The second kappa shape index (κ2) is 9.99. The monoisotopic (exact) mass is 501 g/mol. The van der Waals surface area contributed by atoms with Gasteiger partial charge >= 0.3 is 6.18 Å². The molecule has 2 aromatic heterocycles. The van der Waals surface area contributed by atoms with E-state index in [9.17, 15) is 13.2 Å². The first kappa shape index (κ1) is 25.2. The van der Waals surface area contributed by atoms with Crippen LogP contribution in [0, 0.1) is 13.8 Å². The maximum absolute atomic E-state index is 13.4. The van der Waals surface area contributed by atoms with Gasteiger partial charge in [-0.3, -0.25) is 4.98 Å². The van der Waals surface area contributed by atoms with Crippen molar-refractivity contribution < 1.29 is 13.2 Å². The molecular weight excluding hydrogens is 471 g/mol.